The van der Waals surface area contributed by atoms with E-state index in [2.05, 4.69) is 42.9 Å². The van der Waals surface area contributed by atoms with Gasteiger partial charge in [-0.15, -0.1) is 0 Å². The van der Waals surface area contributed by atoms with E-state index in [1.54, 1.807) is 0 Å². The molecule has 1 N–H and O–H groups in total. The summed E-state index contributed by atoms with van der Waals surface area (Å²) in [6.07, 6.45) is 4.29. The zero-order valence-electron chi connectivity index (χ0n) is 13.7. The van der Waals surface area contributed by atoms with Gasteiger partial charge in [0.25, 0.3) is 0 Å². The van der Waals surface area contributed by atoms with Crippen LogP contribution in [-0.4, -0.2) is 61.0 Å². The Labute approximate surface area is 123 Å². The summed E-state index contributed by atoms with van der Waals surface area (Å²) in [5.41, 5.74) is -0.0532. The van der Waals surface area contributed by atoms with E-state index in [-0.39, 0.29) is 11.0 Å². The van der Waals surface area contributed by atoms with Gasteiger partial charge < -0.3 is 10.2 Å². The van der Waals surface area contributed by atoms with Crippen molar-refractivity contribution in [3.63, 3.8) is 0 Å². The third-order valence-electron chi connectivity index (χ3n) is 5.26. The molecule has 20 heavy (non-hydrogen) atoms. The largest absolute Gasteiger partial charge is 0.339 e. The first-order chi connectivity index (χ1) is 9.41. The minimum absolute atomic E-state index is 0.0867. The Morgan fingerprint density at radius 2 is 2.05 bits per heavy atom. The summed E-state index contributed by atoms with van der Waals surface area (Å²) >= 11 is 0. The Kier molecular flexibility index (Phi) is 4.75. The topological polar surface area (TPSA) is 35.6 Å². The fourth-order valence-corrected chi connectivity index (χ4v) is 3.70. The van der Waals surface area contributed by atoms with E-state index in [1.165, 1.54) is 0 Å². The Morgan fingerprint density at radius 1 is 1.30 bits per heavy atom. The minimum Gasteiger partial charge on any atom is -0.339 e. The lowest BCUT2D eigenvalue weighted by Gasteiger charge is -2.48. The average molecular weight is 281 g/mol. The van der Waals surface area contributed by atoms with Crippen LogP contribution in [-0.2, 0) is 4.79 Å². The quantitative estimate of drug-likeness (QED) is 0.855. The van der Waals surface area contributed by atoms with Crippen LogP contribution in [0.2, 0.25) is 0 Å². The van der Waals surface area contributed by atoms with Crippen molar-refractivity contribution >= 4 is 5.91 Å². The Balaban J connectivity index is 2.12. The zero-order chi connectivity index (χ0) is 14.8. The van der Waals surface area contributed by atoms with E-state index in [9.17, 15) is 4.79 Å². The van der Waals surface area contributed by atoms with E-state index in [1.807, 2.05) is 0 Å². The van der Waals surface area contributed by atoms with Gasteiger partial charge in [-0.25, -0.2) is 0 Å². The monoisotopic (exact) mass is 281 g/mol. The first kappa shape index (κ1) is 15.8. The molecule has 0 radical (unpaired) electrons. The Morgan fingerprint density at radius 3 is 2.60 bits per heavy atom. The summed E-state index contributed by atoms with van der Waals surface area (Å²) in [5.74, 6) is 0.396. The number of nitrogens with zero attached hydrogens (tertiary/aromatic N) is 2. The second-order valence-corrected chi connectivity index (χ2v) is 7.27. The number of carbonyl (C=O) groups is 1. The highest BCUT2D eigenvalue weighted by molar-refractivity contribution is 5.83. The van der Waals surface area contributed by atoms with Crippen LogP contribution < -0.4 is 5.32 Å². The molecule has 0 spiro atoms. The van der Waals surface area contributed by atoms with Gasteiger partial charge in [-0.05, 0) is 46.7 Å². The van der Waals surface area contributed by atoms with Crippen molar-refractivity contribution in [3.8, 4) is 0 Å². The minimum atomic E-state index is -0.140. The highest BCUT2D eigenvalue weighted by Gasteiger charge is 2.44. The van der Waals surface area contributed by atoms with Gasteiger partial charge in [-0.1, -0.05) is 13.3 Å². The third-order valence-corrected chi connectivity index (χ3v) is 5.26. The lowest BCUT2D eigenvalue weighted by Crippen LogP contribution is -2.62. The highest BCUT2D eigenvalue weighted by atomic mass is 16.2. The molecule has 0 aromatic rings. The number of piperazine rings is 1. The van der Waals surface area contributed by atoms with E-state index in [0.717, 1.165) is 58.4 Å². The first-order valence-corrected chi connectivity index (χ1v) is 8.13. The number of hydrogen-bond donors (Lipinski definition) is 1. The fraction of sp³-hybridized carbons (Fsp3) is 0.938. The van der Waals surface area contributed by atoms with Crippen molar-refractivity contribution in [2.75, 3.05) is 39.8 Å². The molecule has 1 amide bonds. The van der Waals surface area contributed by atoms with Crippen LogP contribution in [0.1, 0.15) is 46.5 Å². The van der Waals surface area contributed by atoms with Crippen molar-refractivity contribution < 1.29 is 4.79 Å². The molecular weight excluding hydrogens is 250 g/mol. The Bertz CT molecular complexity index is 342. The van der Waals surface area contributed by atoms with Crippen molar-refractivity contribution in [1.82, 2.24) is 15.1 Å². The average Bonchev–Trinajstić information content (AvgIpc) is 2.42. The molecular formula is C16H31N3O. The lowest BCUT2D eigenvalue weighted by atomic mass is 9.75. The highest BCUT2D eigenvalue weighted by Crippen LogP contribution is 2.35. The van der Waals surface area contributed by atoms with Crippen LogP contribution in [0.3, 0.4) is 0 Å². The maximum absolute atomic E-state index is 13.1. The molecule has 1 unspecified atom stereocenters. The van der Waals surface area contributed by atoms with E-state index in [4.69, 9.17) is 0 Å². The van der Waals surface area contributed by atoms with Gasteiger partial charge in [0.05, 0.1) is 5.41 Å². The van der Waals surface area contributed by atoms with Crippen LogP contribution in [0.25, 0.3) is 0 Å². The molecule has 116 valence electrons. The second-order valence-electron chi connectivity index (χ2n) is 7.27. The standard InChI is InChI=1S/C16H31N3O/c1-5-7-16(8-6-9-17-12-16)14(20)19-11-10-18(4)15(2,3)13-19/h17H,5-13H2,1-4H3. The van der Waals surface area contributed by atoms with Crippen LogP contribution >= 0.6 is 0 Å². The molecule has 0 saturated carbocycles. The Hall–Kier alpha value is -0.610. The summed E-state index contributed by atoms with van der Waals surface area (Å²) in [7, 11) is 2.16. The lowest BCUT2D eigenvalue weighted by molar-refractivity contribution is -0.148. The molecule has 2 heterocycles. The summed E-state index contributed by atoms with van der Waals surface area (Å²) < 4.78 is 0. The van der Waals surface area contributed by atoms with Gasteiger partial charge in [0.2, 0.25) is 5.91 Å². The molecule has 2 aliphatic rings. The normalized spacial score (nSPS) is 31.3. The van der Waals surface area contributed by atoms with Gasteiger partial charge in [-0.2, -0.15) is 0 Å². The molecule has 2 fully saturated rings. The molecule has 0 aromatic carbocycles. The summed E-state index contributed by atoms with van der Waals surface area (Å²) in [6, 6.07) is 0. The molecule has 2 rings (SSSR count). The van der Waals surface area contributed by atoms with Crippen molar-refractivity contribution in [2.24, 2.45) is 5.41 Å². The maximum Gasteiger partial charge on any atom is 0.230 e. The molecule has 0 aromatic heterocycles. The summed E-state index contributed by atoms with van der Waals surface area (Å²) in [5, 5.41) is 3.45. The molecule has 4 heteroatoms. The molecule has 4 nitrogen and oxygen atoms in total. The van der Waals surface area contributed by atoms with Crippen molar-refractivity contribution in [2.45, 2.75) is 52.0 Å². The smallest absolute Gasteiger partial charge is 0.230 e. The molecule has 2 saturated heterocycles. The van der Waals surface area contributed by atoms with Gasteiger partial charge in [0.1, 0.15) is 0 Å². The summed E-state index contributed by atoms with van der Waals surface area (Å²) in [6.45, 7) is 11.3. The number of piperidine rings is 1. The molecule has 1 atom stereocenters. The molecule has 0 bridgehead atoms. The predicted molar refractivity (Wildman–Crippen MR) is 82.7 cm³/mol. The van der Waals surface area contributed by atoms with Crippen molar-refractivity contribution in [3.05, 3.63) is 0 Å². The van der Waals surface area contributed by atoms with E-state index < -0.39 is 0 Å². The molecule has 2 aliphatic heterocycles. The predicted octanol–water partition coefficient (Wildman–Crippen LogP) is 1.71. The SMILES string of the molecule is CCCC1(C(=O)N2CCN(C)C(C)(C)C2)CCCNC1. The van der Waals surface area contributed by atoms with E-state index in [0.29, 0.717) is 5.91 Å². The van der Waals surface area contributed by atoms with Crippen LogP contribution in [0.5, 0.6) is 0 Å². The number of nitrogens with one attached hydrogen (secondary N) is 1. The number of amides is 1. The van der Waals surface area contributed by atoms with Gasteiger partial charge >= 0.3 is 0 Å². The number of hydrogen-bond acceptors (Lipinski definition) is 3. The fourth-order valence-electron chi connectivity index (χ4n) is 3.70. The van der Waals surface area contributed by atoms with Crippen LogP contribution in [0.15, 0.2) is 0 Å². The molecule has 0 aliphatic carbocycles. The van der Waals surface area contributed by atoms with E-state index >= 15 is 0 Å². The van der Waals surface area contributed by atoms with Crippen molar-refractivity contribution in [1.29, 1.82) is 0 Å². The van der Waals surface area contributed by atoms with Gasteiger partial charge in [0.15, 0.2) is 0 Å². The number of carbonyl (C=O) groups excluding carboxylic acids is 1. The maximum atomic E-state index is 13.1. The first-order valence-electron chi connectivity index (χ1n) is 8.13. The second kappa shape index (κ2) is 6.02. The van der Waals surface area contributed by atoms with Crippen LogP contribution in [0.4, 0.5) is 0 Å². The van der Waals surface area contributed by atoms with Gasteiger partial charge in [-0.3, -0.25) is 9.69 Å². The third kappa shape index (κ3) is 3.01. The number of rotatable bonds is 3. The van der Waals surface area contributed by atoms with Gasteiger partial charge in [0, 0.05) is 31.7 Å². The summed E-state index contributed by atoms with van der Waals surface area (Å²) in [4.78, 5) is 17.6. The zero-order valence-corrected chi connectivity index (χ0v) is 13.7. The van der Waals surface area contributed by atoms with Crippen LogP contribution in [0, 0.1) is 5.41 Å². The number of likely N-dealkylation sites (N-methyl/N-ethyl adjacent to an activating group) is 1.